The van der Waals surface area contributed by atoms with E-state index in [4.69, 9.17) is 11.6 Å². The second kappa shape index (κ2) is 6.53. The number of rotatable bonds is 3. The standard InChI is InChI=1S/C16H17ClN6OS/c1-9-18-12(22-23(9)11-7-5-10(17)6-8-11)13(24)19-15-21-20-14(25-15)16(2,3)4/h5-8H,1-4H3,(H,19,21,24). The van der Waals surface area contributed by atoms with Gasteiger partial charge in [-0.1, -0.05) is 43.7 Å². The molecule has 0 radical (unpaired) electrons. The number of aryl methyl sites for hydroxylation is 1. The number of halogens is 1. The summed E-state index contributed by atoms with van der Waals surface area (Å²) in [5.74, 6) is 0.243. The number of nitrogens with one attached hydrogen (secondary N) is 1. The minimum atomic E-state index is -0.424. The molecule has 3 aromatic rings. The summed E-state index contributed by atoms with van der Waals surface area (Å²) in [6, 6.07) is 7.14. The first-order chi connectivity index (χ1) is 11.7. The van der Waals surface area contributed by atoms with Crippen LogP contribution in [-0.2, 0) is 5.41 Å². The Kier molecular flexibility index (Phi) is 4.57. The van der Waals surface area contributed by atoms with Gasteiger partial charge in [-0.25, -0.2) is 9.67 Å². The Balaban J connectivity index is 1.80. The Hall–Kier alpha value is -2.32. The molecule has 130 valence electrons. The molecule has 2 heterocycles. The van der Waals surface area contributed by atoms with Crippen molar-refractivity contribution in [2.24, 2.45) is 0 Å². The molecule has 7 nitrogen and oxygen atoms in total. The van der Waals surface area contributed by atoms with Gasteiger partial charge >= 0.3 is 0 Å². The van der Waals surface area contributed by atoms with Gasteiger partial charge in [-0.05, 0) is 31.2 Å². The summed E-state index contributed by atoms with van der Waals surface area (Å²) < 4.78 is 1.59. The number of hydrogen-bond acceptors (Lipinski definition) is 6. The van der Waals surface area contributed by atoms with Crippen molar-refractivity contribution >= 4 is 34.0 Å². The second-order valence-corrected chi connectivity index (χ2v) is 7.90. The third-order valence-corrected chi connectivity index (χ3v) is 4.85. The van der Waals surface area contributed by atoms with Crippen LogP contribution in [0.25, 0.3) is 5.69 Å². The Morgan fingerprint density at radius 3 is 2.48 bits per heavy atom. The molecule has 0 fully saturated rings. The van der Waals surface area contributed by atoms with Crippen molar-refractivity contribution in [2.75, 3.05) is 5.32 Å². The van der Waals surface area contributed by atoms with Crippen LogP contribution in [0.1, 0.15) is 42.2 Å². The molecule has 0 saturated heterocycles. The fraction of sp³-hybridized carbons (Fsp3) is 0.312. The van der Waals surface area contributed by atoms with Crippen LogP contribution in [0.4, 0.5) is 5.13 Å². The zero-order valence-electron chi connectivity index (χ0n) is 14.2. The number of anilines is 1. The third kappa shape index (κ3) is 3.85. The molecule has 0 saturated carbocycles. The summed E-state index contributed by atoms with van der Waals surface area (Å²) in [4.78, 5) is 16.6. The zero-order valence-corrected chi connectivity index (χ0v) is 15.8. The fourth-order valence-electron chi connectivity index (χ4n) is 2.04. The number of amides is 1. The molecular formula is C16H17ClN6OS. The maximum absolute atomic E-state index is 12.4. The van der Waals surface area contributed by atoms with E-state index < -0.39 is 5.91 Å². The minimum Gasteiger partial charge on any atom is -0.294 e. The van der Waals surface area contributed by atoms with E-state index >= 15 is 0 Å². The van der Waals surface area contributed by atoms with Crippen molar-refractivity contribution in [3.63, 3.8) is 0 Å². The van der Waals surface area contributed by atoms with Crippen LogP contribution in [0.5, 0.6) is 0 Å². The summed E-state index contributed by atoms with van der Waals surface area (Å²) >= 11 is 7.24. The average Bonchev–Trinajstić information content (AvgIpc) is 3.15. The van der Waals surface area contributed by atoms with Gasteiger partial charge in [0.2, 0.25) is 11.0 Å². The third-order valence-electron chi connectivity index (χ3n) is 3.33. The molecule has 0 aliphatic rings. The van der Waals surface area contributed by atoms with E-state index in [-0.39, 0.29) is 11.2 Å². The van der Waals surface area contributed by atoms with Gasteiger partial charge in [0.25, 0.3) is 5.91 Å². The summed E-state index contributed by atoms with van der Waals surface area (Å²) in [7, 11) is 0. The topological polar surface area (TPSA) is 85.6 Å². The van der Waals surface area contributed by atoms with Crippen LogP contribution < -0.4 is 5.32 Å². The summed E-state index contributed by atoms with van der Waals surface area (Å²) in [6.07, 6.45) is 0. The van der Waals surface area contributed by atoms with E-state index in [1.165, 1.54) is 11.3 Å². The Bertz CT molecular complexity index is 910. The highest BCUT2D eigenvalue weighted by molar-refractivity contribution is 7.15. The first kappa shape index (κ1) is 17.5. The second-order valence-electron chi connectivity index (χ2n) is 6.49. The summed E-state index contributed by atoms with van der Waals surface area (Å²) in [5.41, 5.74) is 0.658. The molecule has 3 rings (SSSR count). The van der Waals surface area contributed by atoms with Crippen LogP contribution in [0, 0.1) is 6.92 Å². The van der Waals surface area contributed by atoms with Gasteiger partial charge < -0.3 is 0 Å². The fourth-order valence-corrected chi connectivity index (χ4v) is 2.97. The SMILES string of the molecule is Cc1nc(C(=O)Nc2nnc(C(C)(C)C)s2)nn1-c1ccc(Cl)cc1. The van der Waals surface area contributed by atoms with Crippen molar-refractivity contribution in [3.05, 3.63) is 45.9 Å². The highest BCUT2D eigenvalue weighted by Gasteiger charge is 2.21. The van der Waals surface area contributed by atoms with Crippen LogP contribution in [-0.4, -0.2) is 30.9 Å². The largest absolute Gasteiger partial charge is 0.297 e. The molecule has 25 heavy (non-hydrogen) atoms. The van der Waals surface area contributed by atoms with Gasteiger partial charge in [0.05, 0.1) is 5.69 Å². The lowest BCUT2D eigenvalue weighted by molar-refractivity contribution is 0.101. The Morgan fingerprint density at radius 1 is 1.20 bits per heavy atom. The van der Waals surface area contributed by atoms with Crippen molar-refractivity contribution in [2.45, 2.75) is 33.1 Å². The van der Waals surface area contributed by atoms with Crippen molar-refractivity contribution < 1.29 is 4.79 Å². The predicted molar refractivity (Wildman–Crippen MR) is 97.7 cm³/mol. The molecule has 2 aromatic heterocycles. The van der Waals surface area contributed by atoms with E-state index in [9.17, 15) is 4.79 Å². The number of carbonyl (C=O) groups is 1. The lowest BCUT2D eigenvalue weighted by Crippen LogP contribution is -2.14. The first-order valence-electron chi connectivity index (χ1n) is 7.59. The van der Waals surface area contributed by atoms with E-state index in [0.29, 0.717) is 16.0 Å². The summed E-state index contributed by atoms with van der Waals surface area (Å²) in [5, 5.41) is 17.0. The Morgan fingerprint density at radius 2 is 1.88 bits per heavy atom. The van der Waals surface area contributed by atoms with Crippen molar-refractivity contribution in [1.29, 1.82) is 0 Å². The van der Waals surface area contributed by atoms with Crippen molar-refractivity contribution in [1.82, 2.24) is 25.0 Å². The monoisotopic (exact) mass is 376 g/mol. The van der Waals surface area contributed by atoms with Gasteiger partial charge in [0.1, 0.15) is 10.8 Å². The number of nitrogens with zero attached hydrogens (tertiary/aromatic N) is 5. The van der Waals surface area contributed by atoms with Gasteiger partial charge in [-0.15, -0.1) is 15.3 Å². The zero-order chi connectivity index (χ0) is 18.2. The molecule has 0 atom stereocenters. The summed E-state index contributed by atoms with van der Waals surface area (Å²) in [6.45, 7) is 7.90. The molecular weight excluding hydrogens is 360 g/mol. The van der Waals surface area contributed by atoms with Gasteiger partial charge in [0, 0.05) is 10.4 Å². The molecule has 0 bridgehead atoms. The maximum Gasteiger partial charge on any atom is 0.297 e. The number of benzene rings is 1. The van der Waals surface area contributed by atoms with Crippen molar-refractivity contribution in [3.8, 4) is 5.69 Å². The van der Waals surface area contributed by atoms with Crippen LogP contribution in [0.2, 0.25) is 5.02 Å². The molecule has 1 N–H and O–H groups in total. The predicted octanol–water partition coefficient (Wildman–Crippen LogP) is 3.63. The van der Waals surface area contributed by atoms with E-state index in [1.807, 2.05) is 32.9 Å². The number of carbonyl (C=O) groups excluding carboxylic acids is 1. The number of hydrogen-bond donors (Lipinski definition) is 1. The lowest BCUT2D eigenvalue weighted by Gasteiger charge is -2.12. The van der Waals surface area contributed by atoms with E-state index in [2.05, 4.69) is 25.6 Å². The molecule has 0 aliphatic carbocycles. The molecule has 1 amide bonds. The normalized spacial score (nSPS) is 11.6. The molecule has 0 aliphatic heterocycles. The molecule has 1 aromatic carbocycles. The van der Waals surface area contributed by atoms with Gasteiger partial charge in [-0.2, -0.15) is 0 Å². The average molecular weight is 377 g/mol. The smallest absolute Gasteiger partial charge is 0.294 e. The van der Waals surface area contributed by atoms with Gasteiger partial charge in [0.15, 0.2) is 0 Å². The minimum absolute atomic E-state index is 0.0694. The highest BCUT2D eigenvalue weighted by Crippen LogP contribution is 2.27. The maximum atomic E-state index is 12.4. The quantitative estimate of drug-likeness (QED) is 0.754. The molecule has 9 heteroatoms. The first-order valence-corrected chi connectivity index (χ1v) is 8.78. The van der Waals surface area contributed by atoms with Crippen LogP contribution in [0.15, 0.2) is 24.3 Å². The number of aromatic nitrogens is 5. The van der Waals surface area contributed by atoms with E-state index in [0.717, 1.165) is 10.7 Å². The lowest BCUT2D eigenvalue weighted by atomic mass is 9.98. The van der Waals surface area contributed by atoms with E-state index in [1.54, 1.807) is 23.7 Å². The molecule has 0 spiro atoms. The van der Waals surface area contributed by atoms with Gasteiger partial charge in [-0.3, -0.25) is 10.1 Å². The van der Waals surface area contributed by atoms with Crippen LogP contribution in [0.3, 0.4) is 0 Å². The Labute approximate surface area is 154 Å². The highest BCUT2D eigenvalue weighted by atomic mass is 35.5. The van der Waals surface area contributed by atoms with Crippen LogP contribution >= 0.6 is 22.9 Å². The molecule has 0 unspecified atom stereocenters.